The molecule has 3 rings (SSSR count). The molecule has 6 heteroatoms. The zero-order valence-electron chi connectivity index (χ0n) is 12.7. The number of ether oxygens (including phenoxy) is 1. The van der Waals surface area contributed by atoms with Crippen LogP contribution in [0.5, 0.6) is 0 Å². The first-order chi connectivity index (χ1) is 11.2. The molecule has 0 radical (unpaired) electrons. The van der Waals surface area contributed by atoms with Crippen molar-refractivity contribution >= 4 is 5.91 Å². The van der Waals surface area contributed by atoms with E-state index < -0.39 is 5.82 Å². The Morgan fingerprint density at radius 3 is 2.96 bits per heavy atom. The van der Waals surface area contributed by atoms with Gasteiger partial charge >= 0.3 is 0 Å². The SMILES string of the molecule is O=C(c1cccc(F)c1)N(Cc1ccco1)CC1CNCCO1. The third-order valence-electron chi connectivity index (χ3n) is 3.71. The van der Waals surface area contributed by atoms with Crippen LogP contribution in [0.25, 0.3) is 0 Å². The molecule has 0 aliphatic carbocycles. The van der Waals surface area contributed by atoms with Gasteiger partial charge in [-0.25, -0.2) is 4.39 Å². The van der Waals surface area contributed by atoms with Crippen molar-refractivity contribution < 1.29 is 18.3 Å². The highest BCUT2D eigenvalue weighted by Gasteiger charge is 2.23. The lowest BCUT2D eigenvalue weighted by molar-refractivity contribution is 0.00411. The van der Waals surface area contributed by atoms with Gasteiger partial charge in [-0.1, -0.05) is 6.07 Å². The lowest BCUT2D eigenvalue weighted by Gasteiger charge is -2.30. The molecule has 1 fully saturated rings. The summed E-state index contributed by atoms with van der Waals surface area (Å²) in [6.07, 6.45) is 1.48. The molecule has 5 nitrogen and oxygen atoms in total. The number of nitrogens with one attached hydrogen (secondary N) is 1. The van der Waals surface area contributed by atoms with Crippen molar-refractivity contribution in [3.05, 3.63) is 59.8 Å². The Kier molecular flexibility index (Phi) is 5.05. The van der Waals surface area contributed by atoms with Gasteiger partial charge in [-0.05, 0) is 30.3 Å². The van der Waals surface area contributed by atoms with Gasteiger partial charge in [0.25, 0.3) is 5.91 Å². The molecule has 1 aromatic heterocycles. The number of nitrogens with zero attached hydrogens (tertiary/aromatic N) is 1. The van der Waals surface area contributed by atoms with Gasteiger partial charge in [-0.2, -0.15) is 0 Å². The number of morpholine rings is 1. The summed E-state index contributed by atoms with van der Waals surface area (Å²) in [4.78, 5) is 14.4. The average Bonchev–Trinajstić information content (AvgIpc) is 3.08. The highest BCUT2D eigenvalue weighted by Crippen LogP contribution is 2.14. The Bertz CT molecular complexity index is 639. The zero-order valence-corrected chi connectivity index (χ0v) is 12.7. The van der Waals surface area contributed by atoms with E-state index in [0.717, 1.165) is 6.54 Å². The fourth-order valence-corrected chi connectivity index (χ4v) is 2.60. The second-order valence-electron chi connectivity index (χ2n) is 5.47. The van der Waals surface area contributed by atoms with Crippen molar-refractivity contribution in [1.29, 1.82) is 0 Å². The Balaban J connectivity index is 1.76. The van der Waals surface area contributed by atoms with Crippen molar-refractivity contribution in [2.45, 2.75) is 12.6 Å². The van der Waals surface area contributed by atoms with Gasteiger partial charge in [0.2, 0.25) is 0 Å². The number of halogens is 1. The number of carbonyl (C=O) groups excluding carboxylic acids is 1. The molecule has 23 heavy (non-hydrogen) atoms. The third-order valence-corrected chi connectivity index (χ3v) is 3.71. The Hall–Kier alpha value is -2.18. The number of rotatable bonds is 5. The lowest BCUT2D eigenvalue weighted by atomic mass is 10.1. The molecule has 2 aromatic rings. The van der Waals surface area contributed by atoms with E-state index >= 15 is 0 Å². The normalized spacial score (nSPS) is 17.9. The summed E-state index contributed by atoms with van der Waals surface area (Å²) in [7, 11) is 0. The summed E-state index contributed by atoms with van der Waals surface area (Å²) < 4.78 is 24.4. The van der Waals surface area contributed by atoms with Crippen molar-refractivity contribution in [3.8, 4) is 0 Å². The van der Waals surface area contributed by atoms with Gasteiger partial charge in [0.05, 0.1) is 25.5 Å². The maximum Gasteiger partial charge on any atom is 0.254 e. The monoisotopic (exact) mass is 318 g/mol. The van der Waals surface area contributed by atoms with E-state index in [-0.39, 0.29) is 12.0 Å². The molecule has 1 amide bonds. The largest absolute Gasteiger partial charge is 0.467 e. The van der Waals surface area contributed by atoms with Crippen LogP contribution < -0.4 is 5.32 Å². The number of amides is 1. The Morgan fingerprint density at radius 2 is 2.26 bits per heavy atom. The first-order valence-electron chi connectivity index (χ1n) is 7.62. The van der Waals surface area contributed by atoms with Crippen LogP contribution >= 0.6 is 0 Å². The van der Waals surface area contributed by atoms with Crippen LogP contribution in [0.3, 0.4) is 0 Å². The molecule has 1 saturated heterocycles. The summed E-state index contributed by atoms with van der Waals surface area (Å²) in [5, 5.41) is 3.24. The summed E-state index contributed by atoms with van der Waals surface area (Å²) in [6.45, 7) is 2.86. The molecule has 1 aromatic carbocycles. The van der Waals surface area contributed by atoms with Crippen molar-refractivity contribution in [2.75, 3.05) is 26.2 Å². The minimum absolute atomic E-state index is 0.0868. The van der Waals surface area contributed by atoms with Gasteiger partial charge in [0.1, 0.15) is 11.6 Å². The Morgan fingerprint density at radius 1 is 1.35 bits per heavy atom. The van der Waals surface area contributed by atoms with Crippen LogP contribution in [-0.4, -0.2) is 43.2 Å². The van der Waals surface area contributed by atoms with Crippen LogP contribution in [0.1, 0.15) is 16.1 Å². The van der Waals surface area contributed by atoms with Crippen LogP contribution in [0.4, 0.5) is 4.39 Å². The van der Waals surface area contributed by atoms with Gasteiger partial charge in [0, 0.05) is 25.2 Å². The summed E-state index contributed by atoms with van der Waals surface area (Å²) in [5.41, 5.74) is 0.320. The maximum absolute atomic E-state index is 13.4. The number of hydrogen-bond donors (Lipinski definition) is 1. The Labute approximate surface area is 134 Å². The minimum atomic E-state index is -0.426. The molecule has 1 atom stereocenters. The van der Waals surface area contributed by atoms with Crippen LogP contribution in [0.2, 0.25) is 0 Å². The first kappa shape index (κ1) is 15.7. The second-order valence-corrected chi connectivity index (χ2v) is 5.47. The van der Waals surface area contributed by atoms with E-state index in [1.54, 1.807) is 23.3 Å². The molecule has 0 spiro atoms. The molecule has 122 valence electrons. The summed E-state index contributed by atoms with van der Waals surface area (Å²) in [6, 6.07) is 9.30. The fourth-order valence-electron chi connectivity index (χ4n) is 2.60. The van der Waals surface area contributed by atoms with E-state index in [0.29, 0.717) is 37.6 Å². The standard InChI is InChI=1S/C17H19FN2O3/c18-14-4-1-3-13(9-14)17(21)20(11-15-5-2-7-22-15)12-16-10-19-6-8-23-16/h1-5,7,9,16,19H,6,8,10-12H2. The summed E-state index contributed by atoms with van der Waals surface area (Å²) >= 11 is 0. The van der Waals surface area contributed by atoms with Crippen molar-refractivity contribution in [3.63, 3.8) is 0 Å². The average molecular weight is 318 g/mol. The van der Waals surface area contributed by atoms with Crippen molar-refractivity contribution in [1.82, 2.24) is 10.2 Å². The van der Waals surface area contributed by atoms with E-state index in [1.807, 2.05) is 6.07 Å². The number of benzene rings is 1. The quantitative estimate of drug-likeness (QED) is 0.917. The molecule has 0 bridgehead atoms. The molecular weight excluding hydrogens is 299 g/mol. The predicted molar refractivity (Wildman–Crippen MR) is 82.5 cm³/mol. The fraction of sp³-hybridized carbons (Fsp3) is 0.353. The highest BCUT2D eigenvalue weighted by atomic mass is 19.1. The molecule has 2 heterocycles. The number of furan rings is 1. The maximum atomic E-state index is 13.4. The first-order valence-corrected chi connectivity index (χ1v) is 7.62. The van der Waals surface area contributed by atoms with E-state index in [1.165, 1.54) is 18.2 Å². The second kappa shape index (κ2) is 7.39. The number of carbonyl (C=O) groups is 1. The van der Waals surface area contributed by atoms with Crippen LogP contribution in [0, 0.1) is 5.82 Å². The topological polar surface area (TPSA) is 54.7 Å². The lowest BCUT2D eigenvalue weighted by Crippen LogP contribution is -2.46. The third kappa shape index (κ3) is 4.18. The number of hydrogen-bond acceptors (Lipinski definition) is 4. The van der Waals surface area contributed by atoms with E-state index in [4.69, 9.17) is 9.15 Å². The molecule has 0 saturated carbocycles. The van der Waals surface area contributed by atoms with Gasteiger partial charge in [0.15, 0.2) is 0 Å². The molecule has 1 N–H and O–H groups in total. The van der Waals surface area contributed by atoms with Crippen LogP contribution in [0.15, 0.2) is 47.1 Å². The smallest absolute Gasteiger partial charge is 0.254 e. The van der Waals surface area contributed by atoms with Gasteiger partial charge < -0.3 is 19.4 Å². The molecule has 1 unspecified atom stereocenters. The molecule has 1 aliphatic rings. The van der Waals surface area contributed by atoms with Crippen molar-refractivity contribution in [2.24, 2.45) is 0 Å². The van der Waals surface area contributed by atoms with Crippen LogP contribution in [-0.2, 0) is 11.3 Å². The van der Waals surface area contributed by atoms with E-state index in [2.05, 4.69) is 5.32 Å². The predicted octanol–water partition coefficient (Wildman–Crippen LogP) is 2.05. The molecular formula is C17H19FN2O3. The zero-order chi connectivity index (χ0) is 16.1. The minimum Gasteiger partial charge on any atom is -0.467 e. The summed E-state index contributed by atoms with van der Waals surface area (Å²) in [5.74, 6) is 0.0120. The van der Waals surface area contributed by atoms with Gasteiger partial charge in [-0.15, -0.1) is 0 Å². The van der Waals surface area contributed by atoms with Gasteiger partial charge in [-0.3, -0.25) is 4.79 Å². The molecule has 1 aliphatic heterocycles. The van der Waals surface area contributed by atoms with E-state index in [9.17, 15) is 9.18 Å². The highest BCUT2D eigenvalue weighted by molar-refractivity contribution is 5.94.